The minimum Gasteiger partial charge on any atom is -0.508 e. The van der Waals surface area contributed by atoms with Crippen molar-refractivity contribution in [1.82, 2.24) is 9.80 Å². The maximum Gasteiger partial charge on any atom is 0.255 e. The van der Waals surface area contributed by atoms with Crippen molar-refractivity contribution in [3.63, 3.8) is 0 Å². The number of likely N-dealkylation sites (tertiary alicyclic amines) is 1. The zero-order valence-corrected chi connectivity index (χ0v) is 16.1. The molecular formula is C24H19FN2O3. The van der Waals surface area contributed by atoms with E-state index in [9.17, 15) is 14.7 Å². The minimum atomic E-state index is -0.441. The Kier molecular flexibility index (Phi) is 4.10. The molecule has 0 aromatic heterocycles. The third-order valence-electron chi connectivity index (χ3n) is 5.96. The van der Waals surface area contributed by atoms with Crippen LogP contribution in [0.2, 0.25) is 0 Å². The average molecular weight is 402 g/mol. The minimum absolute atomic E-state index is 0.0824. The van der Waals surface area contributed by atoms with Gasteiger partial charge in [0.2, 0.25) is 5.91 Å². The van der Waals surface area contributed by atoms with Crippen LogP contribution in [-0.4, -0.2) is 45.9 Å². The lowest BCUT2D eigenvalue weighted by Gasteiger charge is -2.43. The third kappa shape index (κ3) is 2.76. The summed E-state index contributed by atoms with van der Waals surface area (Å²) in [6.07, 6.45) is 1.25. The van der Waals surface area contributed by atoms with E-state index in [2.05, 4.69) is 6.58 Å². The van der Waals surface area contributed by atoms with Crippen molar-refractivity contribution in [3.8, 4) is 16.9 Å². The van der Waals surface area contributed by atoms with Crippen LogP contribution < -0.4 is 0 Å². The summed E-state index contributed by atoms with van der Waals surface area (Å²) in [6, 6.07) is 13.8. The lowest BCUT2D eigenvalue weighted by molar-refractivity contribution is -0.132. The van der Waals surface area contributed by atoms with Gasteiger partial charge in [0.05, 0.1) is 12.6 Å². The highest BCUT2D eigenvalue weighted by molar-refractivity contribution is 6.03. The second-order valence-corrected chi connectivity index (χ2v) is 7.73. The number of benzene rings is 3. The van der Waals surface area contributed by atoms with Gasteiger partial charge in [-0.25, -0.2) is 4.39 Å². The Bertz CT molecular complexity index is 1230. The topological polar surface area (TPSA) is 60.9 Å². The molecule has 0 aliphatic carbocycles. The second-order valence-electron chi connectivity index (χ2n) is 7.73. The molecule has 1 saturated heterocycles. The Morgan fingerprint density at radius 1 is 1.13 bits per heavy atom. The first kappa shape index (κ1) is 18.4. The van der Waals surface area contributed by atoms with Gasteiger partial charge in [-0.05, 0) is 52.2 Å². The van der Waals surface area contributed by atoms with Crippen LogP contribution in [0.4, 0.5) is 4.39 Å². The number of halogens is 1. The summed E-state index contributed by atoms with van der Waals surface area (Å²) in [6.45, 7) is 4.52. The summed E-state index contributed by atoms with van der Waals surface area (Å²) in [7, 11) is 0. The number of aromatic hydroxyl groups is 1. The number of fused-ring (bicyclic) bond motifs is 2. The highest BCUT2D eigenvalue weighted by Gasteiger charge is 2.41. The van der Waals surface area contributed by atoms with Crippen LogP contribution in [0, 0.1) is 5.82 Å². The maximum absolute atomic E-state index is 15.0. The van der Waals surface area contributed by atoms with Crippen LogP contribution in [0.3, 0.4) is 0 Å². The monoisotopic (exact) mass is 402 g/mol. The summed E-state index contributed by atoms with van der Waals surface area (Å²) in [5.74, 6) is -0.756. The van der Waals surface area contributed by atoms with E-state index in [1.54, 1.807) is 28.0 Å². The molecule has 2 aliphatic heterocycles. The van der Waals surface area contributed by atoms with Crippen LogP contribution in [0.25, 0.3) is 21.9 Å². The summed E-state index contributed by atoms with van der Waals surface area (Å²) < 4.78 is 15.0. The summed E-state index contributed by atoms with van der Waals surface area (Å²) >= 11 is 0. The molecule has 2 aliphatic rings. The van der Waals surface area contributed by atoms with E-state index in [0.717, 1.165) is 10.8 Å². The molecule has 2 heterocycles. The number of phenolic OH excluding ortho intramolecular Hbond substituents is 1. The molecule has 0 radical (unpaired) electrons. The van der Waals surface area contributed by atoms with Gasteiger partial charge in [0.1, 0.15) is 11.6 Å². The first-order valence-electron chi connectivity index (χ1n) is 9.73. The second kappa shape index (κ2) is 6.69. The van der Waals surface area contributed by atoms with E-state index in [1.165, 1.54) is 12.1 Å². The molecule has 0 spiro atoms. The van der Waals surface area contributed by atoms with Gasteiger partial charge in [0.25, 0.3) is 5.91 Å². The van der Waals surface area contributed by atoms with Crippen LogP contribution in [0.5, 0.6) is 5.75 Å². The number of nitrogens with zero attached hydrogens (tertiary/aromatic N) is 2. The Labute approximate surface area is 172 Å². The SMILES string of the molecule is C=CC(=O)N1CC(N2Cc3c(F)cc(-c4cc(O)cc5ccccc45)cc3C2=O)C1. The molecule has 30 heavy (non-hydrogen) atoms. The molecule has 0 atom stereocenters. The number of hydrogen-bond donors (Lipinski definition) is 1. The van der Waals surface area contributed by atoms with Gasteiger partial charge < -0.3 is 14.9 Å². The van der Waals surface area contributed by atoms with E-state index >= 15 is 4.39 Å². The molecule has 2 amide bonds. The molecule has 3 aromatic carbocycles. The molecule has 1 fully saturated rings. The Balaban J connectivity index is 1.51. The Morgan fingerprint density at radius 3 is 2.67 bits per heavy atom. The molecule has 0 saturated carbocycles. The number of amides is 2. The highest BCUT2D eigenvalue weighted by Crippen LogP contribution is 2.37. The van der Waals surface area contributed by atoms with Crippen molar-refractivity contribution in [2.45, 2.75) is 12.6 Å². The molecule has 6 heteroatoms. The van der Waals surface area contributed by atoms with Crippen molar-refractivity contribution in [2.24, 2.45) is 0 Å². The van der Waals surface area contributed by atoms with Crippen molar-refractivity contribution in [3.05, 3.63) is 78.1 Å². The van der Waals surface area contributed by atoms with Gasteiger partial charge in [0, 0.05) is 24.2 Å². The number of carbonyl (C=O) groups is 2. The molecule has 3 aromatic rings. The van der Waals surface area contributed by atoms with E-state index in [1.807, 2.05) is 24.3 Å². The largest absolute Gasteiger partial charge is 0.508 e. The number of phenols is 1. The number of carbonyl (C=O) groups excluding carboxylic acids is 2. The van der Waals surface area contributed by atoms with E-state index < -0.39 is 5.82 Å². The van der Waals surface area contributed by atoms with Crippen molar-refractivity contribution in [1.29, 1.82) is 0 Å². The van der Waals surface area contributed by atoms with Crippen LogP contribution in [0.1, 0.15) is 15.9 Å². The molecule has 0 unspecified atom stereocenters. The van der Waals surface area contributed by atoms with Gasteiger partial charge in [0.15, 0.2) is 0 Å². The molecule has 0 bridgehead atoms. The first-order valence-corrected chi connectivity index (χ1v) is 9.73. The van der Waals surface area contributed by atoms with Gasteiger partial charge in [-0.1, -0.05) is 30.8 Å². The summed E-state index contributed by atoms with van der Waals surface area (Å²) in [4.78, 5) is 27.9. The molecule has 150 valence electrons. The number of hydrogen-bond acceptors (Lipinski definition) is 3. The lowest BCUT2D eigenvalue weighted by Crippen LogP contribution is -2.60. The van der Waals surface area contributed by atoms with Crippen LogP contribution in [0.15, 0.2) is 61.2 Å². The first-order chi connectivity index (χ1) is 14.5. The molecular weight excluding hydrogens is 383 g/mol. The zero-order valence-electron chi connectivity index (χ0n) is 16.1. The summed E-state index contributed by atoms with van der Waals surface area (Å²) in [5.41, 5.74) is 1.93. The fourth-order valence-electron chi connectivity index (χ4n) is 4.33. The fraction of sp³-hybridized carbons (Fsp3) is 0.167. The third-order valence-corrected chi connectivity index (χ3v) is 5.96. The highest BCUT2D eigenvalue weighted by atomic mass is 19.1. The van der Waals surface area contributed by atoms with Crippen LogP contribution in [-0.2, 0) is 11.3 Å². The van der Waals surface area contributed by atoms with Crippen molar-refractivity contribution < 1.29 is 19.1 Å². The molecule has 5 nitrogen and oxygen atoms in total. The van der Waals surface area contributed by atoms with Gasteiger partial charge in [-0.15, -0.1) is 0 Å². The van der Waals surface area contributed by atoms with Crippen molar-refractivity contribution in [2.75, 3.05) is 13.1 Å². The predicted octanol–water partition coefficient (Wildman–Crippen LogP) is 3.70. The predicted molar refractivity (Wildman–Crippen MR) is 111 cm³/mol. The van der Waals surface area contributed by atoms with Crippen molar-refractivity contribution >= 4 is 22.6 Å². The van der Waals surface area contributed by atoms with Gasteiger partial charge in [-0.3, -0.25) is 9.59 Å². The zero-order chi connectivity index (χ0) is 21.0. The molecule has 1 N–H and O–H groups in total. The smallest absolute Gasteiger partial charge is 0.255 e. The molecule has 5 rings (SSSR count). The summed E-state index contributed by atoms with van der Waals surface area (Å²) in [5, 5.41) is 11.8. The standard InChI is InChI=1S/C24H19FN2O3/c1-2-23(29)26-11-16(12-26)27-13-21-20(24(27)30)8-15(9-22(21)25)19-10-17(28)7-14-5-3-4-6-18(14)19/h2-10,16,28H,1,11-13H2. The maximum atomic E-state index is 15.0. The van der Waals surface area contributed by atoms with Crippen LogP contribution >= 0.6 is 0 Å². The number of rotatable bonds is 3. The van der Waals surface area contributed by atoms with E-state index in [-0.39, 0.29) is 30.2 Å². The van der Waals surface area contributed by atoms with E-state index in [4.69, 9.17) is 0 Å². The Hall–Kier alpha value is -3.67. The van der Waals surface area contributed by atoms with Gasteiger partial charge in [-0.2, -0.15) is 0 Å². The average Bonchev–Trinajstić information content (AvgIpc) is 3.03. The Morgan fingerprint density at radius 2 is 1.90 bits per heavy atom. The van der Waals surface area contributed by atoms with E-state index in [0.29, 0.717) is 35.3 Å². The quantitative estimate of drug-likeness (QED) is 0.680. The normalized spacial score (nSPS) is 16.0. The fourth-order valence-corrected chi connectivity index (χ4v) is 4.33. The van der Waals surface area contributed by atoms with Gasteiger partial charge >= 0.3 is 0 Å². The lowest BCUT2D eigenvalue weighted by atomic mass is 9.95.